The standard InChI is InChI=1S/C18H30N2O3/c1-13(2)19-12-16(21)15(11-14-9-7-6-8-10-14)20-17(22)23-18(3,4)5/h6-10,13,15-16,19,21H,11-12H2,1-5H3,(H,20,22)/t15-,16-/m1/s1. The van der Waals surface area contributed by atoms with Crippen molar-refractivity contribution < 1.29 is 14.6 Å². The Morgan fingerprint density at radius 1 is 1.22 bits per heavy atom. The molecule has 23 heavy (non-hydrogen) atoms. The highest BCUT2D eigenvalue weighted by Gasteiger charge is 2.25. The Morgan fingerprint density at radius 3 is 2.35 bits per heavy atom. The van der Waals surface area contributed by atoms with Crippen LogP contribution in [0.5, 0.6) is 0 Å². The van der Waals surface area contributed by atoms with Crippen LogP contribution in [0.25, 0.3) is 0 Å². The van der Waals surface area contributed by atoms with Crippen LogP contribution < -0.4 is 10.6 Å². The molecule has 0 fully saturated rings. The van der Waals surface area contributed by atoms with Gasteiger partial charge in [0.2, 0.25) is 0 Å². The Morgan fingerprint density at radius 2 is 1.83 bits per heavy atom. The summed E-state index contributed by atoms with van der Waals surface area (Å²) < 4.78 is 5.30. The maximum Gasteiger partial charge on any atom is 0.407 e. The SMILES string of the molecule is CC(C)NC[C@@H](O)[C@@H](Cc1ccccc1)NC(=O)OC(C)(C)C. The summed E-state index contributed by atoms with van der Waals surface area (Å²) in [7, 11) is 0. The summed E-state index contributed by atoms with van der Waals surface area (Å²) in [6, 6.07) is 9.63. The number of hydrogen-bond donors (Lipinski definition) is 3. The molecule has 0 saturated carbocycles. The van der Waals surface area contributed by atoms with E-state index in [1.807, 2.05) is 65.0 Å². The molecule has 0 unspecified atom stereocenters. The van der Waals surface area contributed by atoms with E-state index in [1.54, 1.807) is 0 Å². The van der Waals surface area contributed by atoms with E-state index < -0.39 is 23.8 Å². The summed E-state index contributed by atoms with van der Waals surface area (Å²) in [5.41, 5.74) is 0.486. The van der Waals surface area contributed by atoms with Gasteiger partial charge in [-0.15, -0.1) is 0 Å². The summed E-state index contributed by atoms with van der Waals surface area (Å²) in [5.74, 6) is 0. The molecule has 0 radical (unpaired) electrons. The van der Waals surface area contributed by atoms with E-state index in [0.717, 1.165) is 5.56 Å². The maximum atomic E-state index is 12.0. The van der Waals surface area contributed by atoms with Crippen molar-refractivity contribution >= 4 is 6.09 Å². The minimum Gasteiger partial charge on any atom is -0.444 e. The zero-order valence-corrected chi connectivity index (χ0v) is 14.8. The summed E-state index contributed by atoms with van der Waals surface area (Å²) in [5, 5.41) is 16.4. The third-order valence-corrected chi connectivity index (χ3v) is 3.20. The van der Waals surface area contributed by atoms with Crippen LogP contribution >= 0.6 is 0 Å². The van der Waals surface area contributed by atoms with Gasteiger partial charge in [0.25, 0.3) is 0 Å². The second-order valence-electron chi connectivity index (χ2n) is 7.07. The molecule has 3 N–H and O–H groups in total. The normalized spacial score (nSPS) is 14.4. The van der Waals surface area contributed by atoms with Crippen LogP contribution in [-0.4, -0.2) is 41.5 Å². The topological polar surface area (TPSA) is 70.6 Å². The monoisotopic (exact) mass is 322 g/mol. The number of alkyl carbamates (subject to hydrolysis) is 1. The van der Waals surface area contributed by atoms with Gasteiger partial charge < -0.3 is 20.5 Å². The van der Waals surface area contributed by atoms with Crippen molar-refractivity contribution in [3.63, 3.8) is 0 Å². The van der Waals surface area contributed by atoms with Gasteiger partial charge >= 0.3 is 6.09 Å². The fourth-order valence-corrected chi connectivity index (χ4v) is 2.11. The maximum absolute atomic E-state index is 12.0. The van der Waals surface area contributed by atoms with Crippen LogP contribution in [0.4, 0.5) is 4.79 Å². The Bertz CT molecular complexity index is 469. The predicted molar refractivity (Wildman–Crippen MR) is 92.4 cm³/mol. The highest BCUT2D eigenvalue weighted by Crippen LogP contribution is 2.10. The second kappa shape index (κ2) is 8.89. The van der Waals surface area contributed by atoms with Gasteiger partial charge in [0.05, 0.1) is 12.1 Å². The number of aliphatic hydroxyl groups is 1. The minimum atomic E-state index is -0.704. The van der Waals surface area contributed by atoms with Gasteiger partial charge in [-0.2, -0.15) is 0 Å². The van der Waals surface area contributed by atoms with Crippen LogP contribution in [0.15, 0.2) is 30.3 Å². The Labute approximate surface area is 139 Å². The molecule has 0 aliphatic heterocycles. The molecule has 0 bridgehead atoms. The number of aliphatic hydroxyl groups excluding tert-OH is 1. The van der Waals surface area contributed by atoms with Crippen molar-refractivity contribution in [3.8, 4) is 0 Å². The van der Waals surface area contributed by atoms with E-state index in [4.69, 9.17) is 4.74 Å². The third-order valence-electron chi connectivity index (χ3n) is 3.20. The number of amides is 1. The van der Waals surface area contributed by atoms with Crippen LogP contribution in [0.2, 0.25) is 0 Å². The average Bonchev–Trinajstić information content (AvgIpc) is 2.43. The molecule has 0 aromatic heterocycles. The van der Waals surface area contributed by atoms with Gasteiger partial charge in [0, 0.05) is 12.6 Å². The molecule has 0 aliphatic carbocycles. The molecule has 5 heteroatoms. The minimum absolute atomic E-state index is 0.267. The fourth-order valence-electron chi connectivity index (χ4n) is 2.11. The van der Waals surface area contributed by atoms with Crippen molar-refractivity contribution in [2.75, 3.05) is 6.54 Å². The Hall–Kier alpha value is -1.59. The molecule has 1 rings (SSSR count). The first kappa shape index (κ1) is 19.5. The second-order valence-corrected chi connectivity index (χ2v) is 7.07. The third kappa shape index (κ3) is 8.57. The molecule has 130 valence electrons. The average molecular weight is 322 g/mol. The predicted octanol–water partition coefficient (Wildman–Crippen LogP) is 2.48. The molecule has 1 amide bonds. The van der Waals surface area contributed by atoms with E-state index in [0.29, 0.717) is 13.0 Å². The fraction of sp³-hybridized carbons (Fsp3) is 0.611. The van der Waals surface area contributed by atoms with Gasteiger partial charge in [0.1, 0.15) is 5.60 Å². The highest BCUT2D eigenvalue weighted by molar-refractivity contribution is 5.68. The number of ether oxygens (including phenoxy) is 1. The van der Waals surface area contributed by atoms with Crippen molar-refractivity contribution in [2.24, 2.45) is 0 Å². The van der Waals surface area contributed by atoms with Crippen LogP contribution in [0.1, 0.15) is 40.2 Å². The van der Waals surface area contributed by atoms with E-state index in [-0.39, 0.29) is 6.04 Å². The Balaban J connectivity index is 2.73. The number of hydrogen-bond acceptors (Lipinski definition) is 4. The molecule has 1 aromatic carbocycles. The molecule has 0 aliphatic rings. The summed E-state index contributed by atoms with van der Waals surface area (Å²) >= 11 is 0. The summed E-state index contributed by atoms with van der Waals surface area (Å²) in [4.78, 5) is 12.0. The summed E-state index contributed by atoms with van der Waals surface area (Å²) in [6.45, 7) is 9.88. The zero-order chi connectivity index (χ0) is 17.5. The number of rotatable bonds is 7. The van der Waals surface area contributed by atoms with Crippen molar-refractivity contribution in [2.45, 2.75) is 64.8 Å². The number of carbonyl (C=O) groups is 1. The first-order valence-corrected chi connectivity index (χ1v) is 8.12. The first-order chi connectivity index (χ1) is 10.7. The molecular weight excluding hydrogens is 292 g/mol. The van der Waals surface area contributed by atoms with Crippen molar-refractivity contribution in [1.82, 2.24) is 10.6 Å². The molecule has 0 heterocycles. The number of benzene rings is 1. The number of nitrogens with one attached hydrogen (secondary N) is 2. The van der Waals surface area contributed by atoms with Gasteiger partial charge in [0.15, 0.2) is 0 Å². The lowest BCUT2D eigenvalue weighted by atomic mass is 10.0. The molecule has 2 atom stereocenters. The van der Waals surface area contributed by atoms with E-state index in [1.165, 1.54) is 0 Å². The summed E-state index contributed by atoms with van der Waals surface area (Å²) in [6.07, 6.45) is -0.673. The highest BCUT2D eigenvalue weighted by atomic mass is 16.6. The lowest BCUT2D eigenvalue weighted by molar-refractivity contribution is 0.0421. The lowest BCUT2D eigenvalue weighted by Gasteiger charge is -2.27. The first-order valence-electron chi connectivity index (χ1n) is 8.12. The molecule has 5 nitrogen and oxygen atoms in total. The Kier molecular flexibility index (Phi) is 7.52. The number of carbonyl (C=O) groups excluding carboxylic acids is 1. The van der Waals surface area contributed by atoms with Gasteiger partial charge in [-0.1, -0.05) is 44.2 Å². The van der Waals surface area contributed by atoms with Gasteiger partial charge in [-0.05, 0) is 32.8 Å². The lowest BCUT2D eigenvalue weighted by Crippen LogP contribution is -2.50. The van der Waals surface area contributed by atoms with E-state index >= 15 is 0 Å². The molecule has 0 saturated heterocycles. The zero-order valence-electron chi connectivity index (χ0n) is 14.8. The largest absolute Gasteiger partial charge is 0.444 e. The van der Waals surface area contributed by atoms with Crippen LogP contribution in [-0.2, 0) is 11.2 Å². The van der Waals surface area contributed by atoms with Crippen LogP contribution in [0, 0.1) is 0 Å². The van der Waals surface area contributed by atoms with E-state index in [9.17, 15) is 9.90 Å². The quantitative estimate of drug-likeness (QED) is 0.721. The smallest absolute Gasteiger partial charge is 0.407 e. The van der Waals surface area contributed by atoms with Crippen molar-refractivity contribution in [1.29, 1.82) is 0 Å². The van der Waals surface area contributed by atoms with Gasteiger partial charge in [-0.25, -0.2) is 4.79 Å². The molecular formula is C18H30N2O3. The van der Waals surface area contributed by atoms with Crippen molar-refractivity contribution in [3.05, 3.63) is 35.9 Å². The molecule has 1 aromatic rings. The van der Waals surface area contributed by atoms with Gasteiger partial charge in [-0.3, -0.25) is 0 Å². The van der Waals surface area contributed by atoms with E-state index in [2.05, 4.69) is 10.6 Å². The van der Waals surface area contributed by atoms with Crippen LogP contribution in [0.3, 0.4) is 0 Å². The molecule has 0 spiro atoms.